The van der Waals surface area contributed by atoms with Gasteiger partial charge in [-0.25, -0.2) is 4.39 Å². The highest BCUT2D eigenvalue weighted by Gasteiger charge is 2.54. The van der Waals surface area contributed by atoms with Crippen LogP contribution in [0.25, 0.3) is 0 Å². The van der Waals surface area contributed by atoms with Gasteiger partial charge >= 0.3 is 0 Å². The molecule has 3 N–H and O–H groups in total. The molecule has 4 aliphatic carbocycles. The van der Waals surface area contributed by atoms with Crippen LogP contribution < -0.4 is 16.0 Å². The van der Waals surface area contributed by atoms with Crippen molar-refractivity contribution in [3.05, 3.63) is 35.6 Å². The van der Waals surface area contributed by atoms with Crippen molar-refractivity contribution in [2.45, 2.75) is 51.4 Å². The van der Waals surface area contributed by atoms with Crippen LogP contribution in [0.15, 0.2) is 24.3 Å². The van der Waals surface area contributed by atoms with Gasteiger partial charge in [0.15, 0.2) is 0 Å². The van der Waals surface area contributed by atoms with Crippen molar-refractivity contribution in [1.29, 1.82) is 0 Å². The Morgan fingerprint density at radius 3 is 1.94 bits per heavy atom. The van der Waals surface area contributed by atoms with Crippen LogP contribution in [0, 0.1) is 29.0 Å². The van der Waals surface area contributed by atoms with E-state index in [4.69, 9.17) is 0 Å². The second-order valence-corrected chi connectivity index (χ2v) is 9.71. The highest BCUT2D eigenvalue weighted by atomic mass is 19.1. The quantitative estimate of drug-likeness (QED) is 0.527. The third-order valence-corrected chi connectivity index (χ3v) is 7.20. The highest BCUT2D eigenvalue weighted by Crippen LogP contribution is 2.60. The monoisotopic (exact) mass is 429 g/mol. The van der Waals surface area contributed by atoms with E-state index < -0.39 is 0 Å². The third-order valence-electron chi connectivity index (χ3n) is 7.20. The average Bonchev–Trinajstić information content (AvgIpc) is 2.72. The molecule has 4 bridgehead atoms. The van der Waals surface area contributed by atoms with E-state index in [2.05, 4.69) is 16.0 Å². The Bertz CT molecular complexity index is 789. The molecule has 4 saturated carbocycles. The minimum Gasteiger partial charge on any atom is -0.355 e. The molecule has 0 aromatic heterocycles. The van der Waals surface area contributed by atoms with Gasteiger partial charge in [0.05, 0.1) is 6.42 Å². The minimum absolute atomic E-state index is 0.140. The molecule has 5 rings (SSSR count). The average molecular weight is 430 g/mol. The molecule has 0 aliphatic heterocycles. The molecule has 4 aliphatic rings. The molecule has 7 heteroatoms. The molecular formula is C24H32FN3O3. The molecule has 168 valence electrons. The lowest BCUT2D eigenvalue weighted by atomic mass is 9.49. The lowest BCUT2D eigenvalue weighted by molar-refractivity contribution is -0.146. The zero-order chi connectivity index (χ0) is 21.8. The summed E-state index contributed by atoms with van der Waals surface area (Å²) in [6.45, 7) is 1.01. The van der Waals surface area contributed by atoms with Crippen LogP contribution in [0.2, 0.25) is 0 Å². The first-order valence-corrected chi connectivity index (χ1v) is 11.5. The predicted octanol–water partition coefficient (Wildman–Crippen LogP) is 2.32. The second-order valence-electron chi connectivity index (χ2n) is 9.71. The van der Waals surface area contributed by atoms with Gasteiger partial charge in [0.2, 0.25) is 17.7 Å². The number of carbonyl (C=O) groups excluding carboxylic acids is 3. The number of amides is 3. The van der Waals surface area contributed by atoms with E-state index in [0.29, 0.717) is 19.6 Å². The fourth-order valence-corrected chi connectivity index (χ4v) is 6.21. The molecule has 0 radical (unpaired) electrons. The topological polar surface area (TPSA) is 87.3 Å². The molecule has 31 heavy (non-hydrogen) atoms. The summed E-state index contributed by atoms with van der Waals surface area (Å²) >= 11 is 0. The highest BCUT2D eigenvalue weighted by molar-refractivity contribution is 5.84. The Labute approximate surface area is 182 Å². The summed E-state index contributed by atoms with van der Waals surface area (Å²) in [7, 11) is 0. The summed E-state index contributed by atoms with van der Waals surface area (Å²) in [5.74, 6) is 1.66. The molecule has 1 aromatic rings. The molecule has 0 saturated heterocycles. The molecule has 3 amide bonds. The van der Waals surface area contributed by atoms with Crippen LogP contribution in [-0.2, 0) is 20.8 Å². The van der Waals surface area contributed by atoms with Gasteiger partial charge in [0.1, 0.15) is 5.82 Å². The maximum Gasteiger partial charge on any atom is 0.226 e. The van der Waals surface area contributed by atoms with E-state index in [0.717, 1.165) is 42.6 Å². The van der Waals surface area contributed by atoms with Gasteiger partial charge in [-0.05, 0) is 74.0 Å². The number of hydrogen-bond acceptors (Lipinski definition) is 3. The van der Waals surface area contributed by atoms with E-state index in [-0.39, 0.29) is 41.8 Å². The van der Waals surface area contributed by atoms with Crippen LogP contribution >= 0.6 is 0 Å². The van der Waals surface area contributed by atoms with Crippen LogP contribution in [0.4, 0.5) is 4.39 Å². The summed E-state index contributed by atoms with van der Waals surface area (Å²) in [5.41, 5.74) is 0.553. The van der Waals surface area contributed by atoms with E-state index in [1.807, 2.05) is 0 Å². The van der Waals surface area contributed by atoms with Crippen LogP contribution in [0.5, 0.6) is 0 Å². The number of hydrogen-bond donors (Lipinski definition) is 3. The van der Waals surface area contributed by atoms with Gasteiger partial charge in [0.25, 0.3) is 0 Å². The van der Waals surface area contributed by atoms with Gasteiger partial charge < -0.3 is 16.0 Å². The minimum atomic E-state index is -0.332. The summed E-state index contributed by atoms with van der Waals surface area (Å²) < 4.78 is 12.9. The van der Waals surface area contributed by atoms with E-state index in [1.165, 1.54) is 31.4 Å². The number of halogens is 1. The van der Waals surface area contributed by atoms with E-state index in [1.54, 1.807) is 12.1 Å². The van der Waals surface area contributed by atoms with Crippen molar-refractivity contribution >= 4 is 17.7 Å². The Morgan fingerprint density at radius 1 is 0.806 bits per heavy atom. The van der Waals surface area contributed by atoms with Crippen molar-refractivity contribution in [3.8, 4) is 0 Å². The molecule has 1 aromatic carbocycles. The summed E-state index contributed by atoms with van der Waals surface area (Å²) in [4.78, 5) is 36.8. The van der Waals surface area contributed by atoms with Crippen molar-refractivity contribution in [3.63, 3.8) is 0 Å². The second kappa shape index (κ2) is 9.37. The molecule has 6 nitrogen and oxygen atoms in total. The van der Waals surface area contributed by atoms with Gasteiger partial charge in [-0.3, -0.25) is 14.4 Å². The van der Waals surface area contributed by atoms with Gasteiger partial charge in [-0.2, -0.15) is 0 Å². The molecular weight excluding hydrogens is 397 g/mol. The van der Waals surface area contributed by atoms with Crippen molar-refractivity contribution in [2.75, 3.05) is 19.6 Å². The number of rotatable bonds is 9. The zero-order valence-corrected chi connectivity index (χ0v) is 17.9. The van der Waals surface area contributed by atoms with Crippen molar-refractivity contribution in [2.24, 2.45) is 23.2 Å². The van der Waals surface area contributed by atoms with Crippen molar-refractivity contribution < 1.29 is 18.8 Å². The Balaban J connectivity index is 1.09. The fourth-order valence-electron chi connectivity index (χ4n) is 6.21. The molecule has 4 fully saturated rings. The maximum atomic E-state index is 12.9. The van der Waals surface area contributed by atoms with Gasteiger partial charge in [-0.1, -0.05) is 12.1 Å². The van der Waals surface area contributed by atoms with Gasteiger partial charge in [0, 0.05) is 31.5 Å². The lowest BCUT2D eigenvalue weighted by Crippen LogP contribution is -2.53. The SMILES string of the molecule is O=C(CCNC(=O)C12CC3CC(CC(C3)C1)C2)NCCNC(=O)Cc1ccc(F)cc1. The molecule has 0 heterocycles. The summed E-state index contributed by atoms with van der Waals surface area (Å²) in [6.07, 6.45) is 7.38. The number of benzene rings is 1. The molecule has 0 unspecified atom stereocenters. The first-order chi connectivity index (χ1) is 14.9. The first kappa shape index (κ1) is 21.8. The largest absolute Gasteiger partial charge is 0.355 e. The summed E-state index contributed by atoms with van der Waals surface area (Å²) in [5, 5.41) is 8.51. The molecule has 0 spiro atoms. The van der Waals surface area contributed by atoms with Gasteiger partial charge in [-0.15, -0.1) is 0 Å². The zero-order valence-electron chi connectivity index (χ0n) is 17.9. The van der Waals surface area contributed by atoms with E-state index >= 15 is 0 Å². The Hall–Kier alpha value is -2.44. The van der Waals surface area contributed by atoms with Crippen molar-refractivity contribution in [1.82, 2.24) is 16.0 Å². The maximum absolute atomic E-state index is 12.9. The third kappa shape index (κ3) is 5.43. The van der Waals surface area contributed by atoms with Crippen LogP contribution in [-0.4, -0.2) is 37.4 Å². The first-order valence-electron chi connectivity index (χ1n) is 11.5. The summed E-state index contributed by atoms with van der Waals surface area (Å²) in [6, 6.07) is 5.80. The lowest BCUT2D eigenvalue weighted by Gasteiger charge is -2.55. The predicted molar refractivity (Wildman–Crippen MR) is 114 cm³/mol. The fraction of sp³-hybridized carbons (Fsp3) is 0.625. The van der Waals surface area contributed by atoms with Crippen LogP contribution in [0.3, 0.4) is 0 Å². The Morgan fingerprint density at radius 2 is 1.35 bits per heavy atom. The normalized spacial score (nSPS) is 28.2. The standard InChI is InChI=1S/C24H32FN3O3/c25-20-3-1-16(2-4-20)12-22(30)27-8-7-26-21(29)5-6-28-23(31)24-13-17-9-18(14-24)11-19(10-17)15-24/h1-4,17-19H,5-15H2,(H,26,29)(H,27,30)(H,28,31). The van der Waals surface area contributed by atoms with E-state index in [9.17, 15) is 18.8 Å². The number of nitrogens with one attached hydrogen (secondary N) is 3. The number of carbonyl (C=O) groups is 3. The van der Waals surface area contributed by atoms with Crippen LogP contribution in [0.1, 0.15) is 50.5 Å². The Kier molecular flexibility index (Phi) is 6.58. The molecule has 0 atom stereocenters. The smallest absolute Gasteiger partial charge is 0.226 e.